The average Bonchev–Trinajstić information content (AvgIpc) is 2.00. The van der Waals surface area contributed by atoms with E-state index in [2.05, 4.69) is 10.6 Å². The summed E-state index contributed by atoms with van der Waals surface area (Å²) in [6.07, 6.45) is 0. The van der Waals surface area contributed by atoms with Crippen LogP contribution in [0.3, 0.4) is 0 Å². The molecule has 0 aliphatic heterocycles. The van der Waals surface area contributed by atoms with Crippen LogP contribution in [0.4, 0.5) is 4.79 Å². The predicted molar refractivity (Wildman–Crippen MR) is 56.0 cm³/mol. The molecule has 1 atom stereocenters. The van der Waals surface area contributed by atoms with Gasteiger partial charge >= 0.3 is 12.0 Å². The van der Waals surface area contributed by atoms with Crippen LogP contribution in [0.5, 0.6) is 0 Å². The van der Waals surface area contributed by atoms with Crippen molar-refractivity contribution in [1.29, 1.82) is 0 Å². The average molecular weight is 217 g/mol. The molecule has 15 heavy (non-hydrogen) atoms. The Morgan fingerprint density at radius 1 is 1.40 bits per heavy atom. The SMILES string of the molecule is C[C@H](NC(=O)NCN)C(=O)OC(C)(C)C. The molecular weight excluding hydrogens is 198 g/mol. The van der Waals surface area contributed by atoms with Crippen molar-refractivity contribution in [2.45, 2.75) is 39.3 Å². The number of nitrogens with one attached hydrogen (secondary N) is 2. The molecule has 4 N–H and O–H groups in total. The fourth-order valence-electron chi connectivity index (χ4n) is 0.789. The van der Waals surface area contributed by atoms with Crippen LogP contribution in [-0.4, -0.2) is 30.3 Å². The molecule has 0 bridgehead atoms. The van der Waals surface area contributed by atoms with E-state index in [1.54, 1.807) is 27.7 Å². The first kappa shape index (κ1) is 13.7. The van der Waals surface area contributed by atoms with Crippen molar-refractivity contribution in [2.75, 3.05) is 6.67 Å². The number of ether oxygens (including phenoxy) is 1. The second-order valence-electron chi connectivity index (χ2n) is 4.11. The lowest BCUT2D eigenvalue weighted by atomic mass is 10.2. The summed E-state index contributed by atoms with van der Waals surface area (Å²) in [5, 5.41) is 4.71. The fourth-order valence-corrected chi connectivity index (χ4v) is 0.789. The molecule has 0 aromatic rings. The van der Waals surface area contributed by atoms with Gasteiger partial charge in [-0.2, -0.15) is 0 Å². The van der Waals surface area contributed by atoms with Crippen molar-refractivity contribution in [3.05, 3.63) is 0 Å². The lowest BCUT2D eigenvalue weighted by Gasteiger charge is -2.22. The van der Waals surface area contributed by atoms with Gasteiger partial charge in [-0.3, -0.25) is 0 Å². The largest absolute Gasteiger partial charge is 0.458 e. The van der Waals surface area contributed by atoms with Gasteiger partial charge in [0.05, 0.1) is 6.67 Å². The van der Waals surface area contributed by atoms with Crippen molar-refractivity contribution < 1.29 is 14.3 Å². The first-order valence-electron chi connectivity index (χ1n) is 4.73. The Balaban J connectivity index is 4.05. The molecule has 0 aromatic carbocycles. The molecule has 0 rings (SSSR count). The number of rotatable bonds is 3. The van der Waals surface area contributed by atoms with Crippen LogP contribution in [-0.2, 0) is 9.53 Å². The highest BCUT2D eigenvalue weighted by Gasteiger charge is 2.22. The minimum Gasteiger partial charge on any atom is -0.458 e. The van der Waals surface area contributed by atoms with Gasteiger partial charge in [-0.1, -0.05) is 0 Å². The van der Waals surface area contributed by atoms with E-state index in [-0.39, 0.29) is 6.67 Å². The van der Waals surface area contributed by atoms with Gasteiger partial charge in [0.25, 0.3) is 0 Å². The van der Waals surface area contributed by atoms with E-state index >= 15 is 0 Å². The number of esters is 1. The molecule has 0 fully saturated rings. The molecule has 6 heteroatoms. The zero-order valence-corrected chi connectivity index (χ0v) is 9.59. The fraction of sp³-hybridized carbons (Fsp3) is 0.778. The third-order valence-electron chi connectivity index (χ3n) is 1.37. The highest BCUT2D eigenvalue weighted by atomic mass is 16.6. The summed E-state index contributed by atoms with van der Waals surface area (Å²) in [6.45, 7) is 6.85. The molecule has 0 saturated carbocycles. The van der Waals surface area contributed by atoms with Crippen LogP contribution < -0.4 is 16.4 Å². The Morgan fingerprint density at radius 2 is 1.93 bits per heavy atom. The number of amides is 2. The molecule has 0 saturated heterocycles. The van der Waals surface area contributed by atoms with Gasteiger partial charge in [-0.25, -0.2) is 9.59 Å². The normalized spacial score (nSPS) is 12.9. The Bertz CT molecular complexity index is 235. The van der Waals surface area contributed by atoms with Crippen LogP contribution in [0.2, 0.25) is 0 Å². The second kappa shape index (κ2) is 5.55. The number of nitrogens with two attached hydrogens (primary N) is 1. The van der Waals surface area contributed by atoms with E-state index in [0.717, 1.165) is 0 Å². The number of carbonyl (C=O) groups excluding carboxylic acids is 2. The lowest BCUT2D eigenvalue weighted by molar-refractivity contribution is -0.156. The quantitative estimate of drug-likeness (QED) is 0.455. The van der Waals surface area contributed by atoms with Crippen LogP contribution in [0, 0.1) is 0 Å². The molecule has 0 aromatic heterocycles. The Kier molecular flexibility index (Phi) is 5.07. The molecule has 88 valence electrons. The monoisotopic (exact) mass is 217 g/mol. The van der Waals surface area contributed by atoms with Gasteiger partial charge in [0.2, 0.25) is 0 Å². The summed E-state index contributed by atoms with van der Waals surface area (Å²) in [6, 6.07) is -1.19. The van der Waals surface area contributed by atoms with Gasteiger partial charge in [0.1, 0.15) is 11.6 Å². The number of hydrogen-bond donors (Lipinski definition) is 3. The van der Waals surface area contributed by atoms with Gasteiger partial charge in [-0.15, -0.1) is 0 Å². The van der Waals surface area contributed by atoms with Gasteiger partial charge < -0.3 is 21.1 Å². The number of hydrogen-bond acceptors (Lipinski definition) is 4. The second-order valence-corrected chi connectivity index (χ2v) is 4.11. The van der Waals surface area contributed by atoms with E-state index in [9.17, 15) is 9.59 Å². The third-order valence-corrected chi connectivity index (χ3v) is 1.37. The molecule has 0 spiro atoms. The van der Waals surface area contributed by atoms with Crippen LogP contribution >= 0.6 is 0 Å². The predicted octanol–water partition coefficient (Wildman–Crippen LogP) is -0.0680. The standard InChI is InChI=1S/C9H19N3O3/c1-6(12-8(14)11-5-10)7(13)15-9(2,3)4/h6H,5,10H2,1-4H3,(H2,11,12,14)/t6-/m0/s1. The third kappa shape index (κ3) is 6.73. The lowest BCUT2D eigenvalue weighted by Crippen LogP contribution is -2.47. The highest BCUT2D eigenvalue weighted by molar-refractivity contribution is 5.83. The molecule has 0 radical (unpaired) electrons. The van der Waals surface area contributed by atoms with Gasteiger partial charge in [-0.05, 0) is 27.7 Å². The molecule has 0 unspecified atom stereocenters. The summed E-state index contributed by atoms with van der Waals surface area (Å²) in [5.74, 6) is -0.477. The van der Waals surface area contributed by atoms with Crippen molar-refractivity contribution in [2.24, 2.45) is 5.73 Å². The van der Waals surface area contributed by atoms with Crippen LogP contribution in [0.1, 0.15) is 27.7 Å². The van der Waals surface area contributed by atoms with Gasteiger partial charge in [0.15, 0.2) is 0 Å². The minimum absolute atomic E-state index is 0.0207. The number of urea groups is 1. The topological polar surface area (TPSA) is 93.5 Å². The molecular formula is C9H19N3O3. The summed E-state index contributed by atoms with van der Waals surface area (Å²) in [4.78, 5) is 22.4. The maximum atomic E-state index is 11.4. The van der Waals surface area contributed by atoms with Gasteiger partial charge in [0, 0.05) is 0 Å². The van der Waals surface area contributed by atoms with E-state index < -0.39 is 23.6 Å². The summed E-state index contributed by atoms with van der Waals surface area (Å²) in [5.41, 5.74) is 4.54. The number of carbonyl (C=O) groups is 2. The maximum absolute atomic E-state index is 11.4. The Morgan fingerprint density at radius 3 is 2.33 bits per heavy atom. The van der Waals surface area contributed by atoms with Crippen molar-refractivity contribution in [1.82, 2.24) is 10.6 Å². The molecule has 0 aliphatic carbocycles. The molecule has 0 aliphatic rings. The van der Waals surface area contributed by atoms with Crippen molar-refractivity contribution >= 4 is 12.0 Å². The van der Waals surface area contributed by atoms with Crippen LogP contribution in [0.15, 0.2) is 0 Å². The van der Waals surface area contributed by atoms with Crippen molar-refractivity contribution in [3.63, 3.8) is 0 Å². The van der Waals surface area contributed by atoms with E-state index in [1.165, 1.54) is 0 Å². The summed E-state index contributed by atoms with van der Waals surface area (Å²) in [7, 11) is 0. The van der Waals surface area contributed by atoms with E-state index in [0.29, 0.717) is 0 Å². The first-order chi connectivity index (χ1) is 6.76. The maximum Gasteiger partial charge on any atom is 0.328 e. The van der Waals surface area contributed by atoms with Crippen LogP contribution in [0.25, 0.3) is 0 Å². The van der Waals surface area contributed by atoms with E-state index in [1.807, 2.05) is 0 Å². The van der Waals surface area contributed by atoms with E-state index in [4.69, 9.17) is 10.5 Å². The zero-order valence-electron chi connectivity index (χ0n) is 9.59. The zero-order chi connectivity index (χ0) is 12.1. The van der Waals surface area contributed by atoms with Crippen molar-refractivity contribution in [3.8, 4) is 0 Å². The molecule has 2 amide bonds. The Hall–Kier alpha value is -1.30. The summed E-state index contributed by atoms with van der Waals surface area (Å²) >= 11 is 0. The molecule has 6 nitrogen and oxygen atoms in total. The Labute approximate surface area is 89.5 Å². The highest BCUT2D eigenvalue weighted by Crippen LogP contribution is 2.08. The smallest absolute Gasteiger partial charge is 0.328 e. The first-order valence-corrected chi connectivity index (χ1v) is 4.73. The minimum atomic E-state index is -0.698. The molecule has 0 heterocycles. The summed E-state index contributed by atoms with van der Waals surface area (Å²) < 4.78 is 5.07.